The van der Waals surface area contributed by atoms with Crippen molar-refractivity contribution >= 4 is 28.9 Å². The number of halogens is 1. The number of nitrogens with zero attached hydrogens (tertiary/aromatic N) is 6. The van der Waals surface area contributed by atoms with E-state index in [2.05, 4.69) is 10.3 Å². The average Bonchev–Trinajstić information content (AvgIpc) is 3.23. The Balaban J connectivity index is 1.47. The van der Waals surface area contributed by atoms with E-state index < -0.39 is 4.92 Å². The smallest absolute Gasteiger partial charge is 0.276 e. The summed E-state index contributed by atoms with van der Waals surface area (Å²) in [6.07, 6.45) is 0. The minimum atomic E-state index is -0.482. The highest BCUT2D eigenvalue weighted by Crippen LogP contribution is 2.31. The van der Waals surface area contributed by atoms with Gasteiger partial charge in [-0.25, -0.2) is 4.68 Å². The van der Waals surface area contributed by atoms with Gasteiger partial charge in [-0.3, -0.25) is 14.9 Å². The second kappa shape index (κ2) is 10.1. The molecule has 0 bridgehead atoms. The number of anilines is 1. The molecule has 0 aliphatic carbocycles. The van der Waals surface area contributed by atoms with Crippen molar-refractivity contribution in [3.63, 3.8) is 0 Å². The number of carbonyl (C=O) groups excluding carboxylic acids is 1. The summed E-state index contributed by atoms with van der Waals surface area (Å²) in [6, 6.07) is 11.7. The number of carbonyl (C=O) groups is 1. The van der Waals surface area contributed by atoms with Crippen molar-refractivity contribution in [1.29, 1.82) is 0 Å². The van der Waals surface area contributed by atoms with Crippen LogP contribution in [0.1, 0.15) is 16.2 Å². The third kappa shape index (κ3) is 4.66. The maximum Gasteiger partial charge on any atom is 0.276 e. The fourth-order valence-electron chi connectivity index (χ4n) is 3.80. The number of non-ortho nitro benzene ring substituents is 1. The summed E-state index contributed by atoms with van der Waals surface area (Å²) in [5.74, 6) is 0.346. The van der Waals surface area contributed by atoms with Gasteiger partial charge in [0.1, 0.15) is 11.4 Å². The molecule has 0 unspecified atom stereocenters. The first-order chi connectivity index (χ1) is 16.4. The van der Waals surface area contributed by atoms with Crippen LogP contribution in [0.4, 0.5) is 11.4 Å². The molecule has 2 heterocycles. The number of amides is 1. The Morgan fingerprint density at radius 2 is 1.88 bits per heavy atom. The van der Waals surface area contributed by atoms with Crippen LogP contribution in [-0.4, -0.2) is 70.8 Å². The summed E-state index contributed by atoms with van der Waals surface area (Å²) in [5, 5.41) is 19.6. The van der Waals surface area contributed by atoms with Crippen molar-refractivity contribution in [2.24, 2.45) is 0 Å². The molecule has 34 heavy (non-hydrogen) atoms. The van der Waals surface area contributed by atoms with Crippen LogP contribution in [0.15, 0.2) is 42.5 Å². The predicted molar refractivity (Wildman–Crippen MR) is 125 cm³/mol. The zero-order chi connectivity index (χ0) is 24.2. The maximum atomic E-state index is 13.2. The third-order valence-corrected chi connectivity index (χ3v) is 5.88. The first-order valence-corrected chi connectivity index (χ1v) is 10.9. The molecular formula is C22H23ClN6O5. The van der Waals surface area contributed by atoms with Gasteiger partial charge in [-0.1, -0.05) is 28.9 Å². The second-order valence-electron chi connectivity index (χ2n) is 7.63. The van der Waals surface area contributed by atoms with Crippen LogP contribution in [-0.2, 0) is 4.74 Å². The van der Waals surface area contributed by atoms with Crippen LogP contribution >= 0.6 is 11.6 Å². The summed E-state index contributed by atoms with van der Waals surface area (Å²) >= 11 is 6.26. The van der Waals surface area contributed by atoms with Gasteiger partial charge >= 0.3 is 0 Å². The van der Waals surface area contributed by atoms with Gasteiger partial charge in [-0.05, 0) is 25.1 Å². The first kappa shape index (κ1) is 23.5. The lowest BCUT2D eigenvalue weighted by molar-refractivity contribution is -0.384. The highest BCUT2D eigenvalue weighted by Gasteiger charge is 2.28. The number of benzene rings is 2. The van der Waals surface area contributed by atoms with E-state index in [-0.39, 0.29) is 24.1 Å². The monoisotopic (exact) mass is 486 g/mol. The van der Waals surface area contributed by atoms with E-state index in [1.807, 2.05) is 23.1 Å². The van der Waals surface area contributed by atoms with Crippen LogP contribution in [0.2, 0.25) is 5.02 Å². The van der Waals surface area contributed by atoms with Crippen molar-refractivity contribution in [3.05, 3.63) is 69.0 Å². The molecule has 0 N–H and O–H groups in total. The van der Waals surface area contributed by atoms with Gasteiger partial charge in [-0.15, -0.1) is 5.10 Å². The van der Waals surface area contributed by atoms with Gasteiger partial charge in [0, 0.05) is 45.4 Å². The molecule has 2 aromatic carbocycles. The summed E-state index contributed by atoms with van der Waals surface area (Å²) in [5.41, 5.74) is 2.16. The first-order valence-electron chi connectivity index (χ1n) is 10.5. The fourth-order valence-corrected chi connectivity index (χ4v) is 4.09. The summed E-state index contributed by atoms with van der Waals surface area (Å²) in [4.78, 5) is 27.4. The van der Waals surface area contributed by atoms with E-state index >= 15 is 0 Å². The molecule has 12 heteroatoms. The standard InChI is InChI=1S/C22H23ClN6O5/c1-15-21(24-25-28(15)19-5-3-4-6-20(19)34-14-33-2)22(30)27-11-9-26(10-12-27)18-8-7-16(29(31)32)13-17(18)23/h3-8,13H,9-12,14H2,1-2H3. The van der Waals surface area contributed by atoms with E-state index in [4.69, 9.17) is 21.1 Å². The molecule has 0 atom stereocenters. The number of nitro groups is 1. The van der Waals surface area contributed by atoms with Crippen molar-refractivity contribution < 1.29 is 19.2 Å². The number of rotatable bonds is 7. The number of piperazine rings is 1. The molecule has 1 saturated heterocycles. The average molecular weight is 487 g/mol. The van der Waals surface area contributed by atoms with Gasteiger partial charge in [0.05, 0.1) is 21.3 Å². The van der Waals surface area contributed by atoms with Crippen LogP contribution in [0, 0.1) is 17.0 Å². The van der Waals surface area contributed by atoms with Crippen molar-refractivity contribution in [1.82, 2.24) is 19.9 Å². The van der Waals surface area contributed by atoms with E-state index in [9.17, 15) is 14.9 Å². The van der Waals surface area contributed by atoms with E-state index in [1.54, 1.807) is 28.6 Å². The molecule has 1 aliphatic heterocycles. The van der Waals surface area contributed by atoms with E-state index in [0.717, 1.165) is 0 Å². The highest BCUT2D eigenvalue weighted by atomic mass is 35.5. The number of aromatic nitrogens is 3. The SMILES string of the molecule is COCOc1ccccc1-n1nnc(C(=O)N2CCN(c3ccc([N+](=O)[O-])cc3Cl)CC2)c1C. The van der Waals surface area contributed by atoms with Crippen molar-refractivity contribution in [2.45, 2.75) is 6.92 Å². The number of methoxy groups -OCH3 is 1. The molecule has 0 spiro atoms. The fraction of sp³-hybridized carbons (Fsp3) is 0.318. The Morgan fingerprint density at radius 1 is 1.15 bits per heavy atom. The summed E-state index contributed by atoms with van der Waals surface area (Å²) < 4.78 is 12.2. The van der Waals surface area contributed by atoms with E-state index in [1.165, 1.54) is 19.2 Å². The van der Waals surface area contributed by atoms with Gasteiger partial charge in [0.25, 0.3) is 11.6 Å². The normalized spacial score (nSPS) is 13.7. The molecule has 11 nitrogen and oxygen atoms in total. The molecule has 1 aliphatic rings. The van der Waals surface area contributed by atoms with Gasteiger partial charge in [0.15, 0.2) is 12.5 Å². The molecule has 4 rings (SSSR count). The molecule has 1 fully saturated rings. The van der Waals surface area contributed by atoms with Gasteiger partial charge in [0.2, 0.25) is 0 Å². The van der Waals surface area contributed by atoms with Crippen molar-refractivity contribution in [2.75, 3.05) is 45.0 Å². The molecular weight excluding hydrogens is 464 g/mol. The molecule has 3 aromatic rings. The van der Waals surface area contributed by atoms with Crippen LogP contribution in [0.25, 0.3) is 5.69 Å². The highest BCUT2D eigenvalue weighted by molar-refractivity contribution is 6.33. The predicted octanol–water partition coefficient (Wildman–Crippen LogP) is 3.08. The molecule has 1 aromatic heterocycles. The Bertz CT molecular complexity index is 1210. The largest absolute Gasteiger partial charge is 0.465 e. The Labute approximate surface area is 200 Å². The maximum absolute atomic E-state index is 13.2. The summed E-state index contributed by atoms with van der Waals surface area (Å²) in [7, 11) is 1.54. The Morgan fingerprint density at radius 3 is 2.56 bits per heavy atom. The zero-order valence-electron chi connectivity index (χ0n) is 18.7. The Kier molecular flexibility index (Phi) is 6.94. The van der Waals surface area contributed by atoms with Gasteiger partial charge < -0.3 is 19.3 Å². The van der Waals surface area contributed by atoms with Gasteiger partial charge in [-0.2, -0.15) is 0 Å². The van der Waals surface area contributed by atoms with Crippen LogP contribution < -0.4 is 9.64 Å². The number of ether oxygens (including phenoxy) is 2. The topological polar surface area (TPSA) is 116 Å². The van der Waals surface area contributed by atoms with Crippen LogP contribution in [0.5, 0.6) is 5.75 Å². The van der Waals surface area contributed by atoms with Crippen molar-refractivity contribution in [3.8, 4) is 11.4 Å². The quantitative estimate of drug-likeness (QED) is 0.284. The summed E-state index contributed by atoms with van der Waals surface area (Å²) in [6.45, 7) is 3.83. The Hall–Kier alpha value is -3.70. The number of hydrogen-bond acceptors (Lipinski definition) is 8. The van der Waals surface area contributed by atoms with E-state index in [0.29, 0.717) is 54.0 Å². The lowest BCUT2D eigenvalue weighted by Crippen LogP contribution is -2.49. The lowest BCUT2D eigenvalue weighted by Gasteiger charge is -2.36. The molecule has 178 valence electrons. The molecule has 0 saturated carbocycles. The lowest BCUT2D eigenvalue weighted by atomic mass is 10.2. The minimum Gasteiger partial charge on any atom is -0.465 e. The minimum absolute atomic E-state index is 0.0599. The molecule has 1 amide bonds. The second-order valence-corrected chi connectivity index (χ2v) is 8.03. The number of hydrogen-bond donors (Lipinski definition) is 0. The number of nitro benzene ring substituents is 1. The van der Waals surface area contributed by atoms with Crippen LogP contribution in [0.3, 0.4) is 0 Å². The number of para-hydroxylation sites is 2. The molecule has 0 radical (unpaired) electrons. The zero-order valence-corrected chi connectivity index (χ0v) is 19.4. The third-order valence-electron chi connectivity index (χ3n) is 5.57.